The lowest BCUT2D eigenvalue weighted by molar-refractivity contribution is -0.144. The second-order valence-electron chi connectivity index (χ2n) is 3.30. The largest absolute Gasteiger partial charge is 0.466 e. The number of nitrogens with zero attached hydrogens (tertiary/aromatic N) is 2. The summed E-state index contributed by atoms with van der Waals surface area (Å²) >= 11 is 0. The average Bonchev–Trinajstić information content (AvgIpc) is 2.28. The molecule has 7 heteroatoms. The molecule has 0 aliphatic carbocycles. The number of hydrogen-bond donors (Lipinski definition) is 0. The van der Waals surface area contributed by atoms with Crippen molar-refractivity contribution in [2.75, 3.05) is 6.61 Å². The number of carbonyl (C=O) groups excluding carboxylic acids is 1. The highest BCUT2D eigenvalue weighted by molar-refractivity contribution is 5.73. The quantitative estimate of drug-likeness (QED) is 0.778. The van der Waals surface area contributed by atoms with Crippen LogP contribution in [-0.4, -0.2) is 17.6 Å². The van der Waals surface area contributed by atoms with Gasteiger partial charge in [-0.3, -0.25) is 4.79 Å². The van der Waals surface area contributed by atoms with Gasteiger partial charge in [0.15, 0.2) is 0 Å². The molecular formula is C11H9F3N2O2. The second kappa shape index (κ2) is 5.49. The van der Waals surface area contributed by atoms with E-state index in [1.165, 1.54) is 6.07 Å². The summed E-state index contributed by atoms with van der Waals surface area (Å²) < 4.78 is 42.6. The van der Waals surface area contributed by atoms with Crippen LogP contribution in [0.15, 0.2) is 12.1 Å². The maximum atomic E-state index is 12.7. The number of hydrogen-bond acceptors (Lipinski definition) is 4. The van der Waals surface area contributed by atoms with E-state index in [0.717, 1.165) is 12.1 Å². The van der Waals surface area contributed by atoms with Crippen LogP contribution in [0.2, 0.25) is 0 Å². The van der Waals surface area contributed by atoms with Gasteiger partial charge in [-0.05, 0) is 18.6 Å². The Morgan fingerprint density at radius 1 is 1.50 bits per heavy atom. The van der Waals surface area contributed by atoms with Crippen LogP contribution in [-0.2, 0) is 22.1 Å². The minimum absolute atomic E-state index is 0.0872. The van der Waals surface area contributed by atoms with Gasteiger partial charge in [-0.15, -0.1) is 0 Å². The standard InChI is InChI=1S/C11H9F3N2O2/c1-2-18-9(17)5-7-3-4-8(6-15)16-10(7)11(12,13)14/h3-4H,2,5H2,1H3. The molecule has 1 aromatic heterocycles. The third kappa shape index (κ3) is 3.45. The topological polar surface area (TPSA) is 63.0 Å². The first-order chi connectivity index (χ1) is 8.38. The zero-order valence-corrected chi connectivity index (χ0v) is 9.41. The molecule has 0 aliphatic heterocycles. The third-order valence-electron chi connectivity index (χ3n) is 2.00. The smallest absolute Gasteiger partial charge is 0.433 e. The molecule has 0 aliphatic rings. The molecule has 96 valence electrons. The minimum atomic E-state index is -4.71. The van der Waals surface area contributed by atoms with Crippen LogP contribution in [0, 0.1) is 11.3 Å². The zero-order valence-electron chi connectivity index (χ0n) is 9.41. The van der Waals surface area contributed by atoms with E-state index in [9.17, 15) is 18.0 Å². The zero-order chi connectivity index (χ0) is 13.8. The van der Waals surface area contributed by atoms with Crippen molar-refractivity contribution in [3.8, 4) is 6.07 Å². The van der Waals surface area contributed by atoms with Crippen LogP contribution < -0.4 is 0 Å². The summed E-state index contributed by atoms with van der Waals surface area (Å²) in [5.41, 5.74) is -1.88. The summed E-state index contributed by atoms with van der Waals surface area (Å²) in [6.45, 7) is 1.64. The molecule has 0 spiro atoms. The highest BCUT2D eigenvalue weighted by Gasteiger charge is 2.36. The fraction of sp³-hybridized carbons (Fsp3) is 0.364. The van der Waals surface area contributed by atoms with Crippen LogP contribution in [0.25, 0.3) is 0 Å². The number of carbonyl (C=O) groups is 1. The summed E-state index contributed by atoms with van der Waals surface area (Å²) in [7, 11) is 0. The molecule has 0 radical (unpaired) electrons. The van der Waals surface area contributed by atoms with Gasteiger partial charge < -0.3 is 4.74 Å². The highest BCUT2D eigenvalue weighted by atomic mass is 19.4. The number of rotatable bonds is 3. The molecule has 1 aromatic rings. The van der Waals surface area contributed by atoms with Crippen LogP contribution in [0.3, 0.4) is 0 Å². The van der Waals surface area contributed by atoms with Crippen LogP contribution in [0.4, 0.5) is 13.2 Å². The van der Waals surface area contributed by atoms with Crippen molar-refractivity contribution >= 4 is 5.97 Å². The fourth-order valence-corrected chi connectivity index (χ4v) is 1.31. The van der Waals surface area contributed by atoms with E-state index in [4.69, 9.17) is 5.26 Å². The Morgan fingerprint density at radius 2 is 2.17 bits per heavy atom. The number of alkyl halides is 3. The maximum Gasteiger partial charge on any atom is 0.433 e. The van der Waals surface area contributed by atoms with E-state index in [2.05, 4.69) is 9.72 Å². The van der Waals surface area contributed by atoms with E-state index in [-0.39, 0.29) is 17.9 Å². The van der Waals surface area contributed by atoms with Crippen LogP contribution in [0.1, 0.15) is 23.9 Å². The van der Waals surface area contributed by atoms with Gasteiger partial charge in [-0.25, -0.2) is 4.98 Å². The molecule has 0 fully saturated rings. The highest BCUT2D eigenvalue weighted by Crippen LogP contribution is 2.30. The predicted octanol–water partition coefficient (Wildman–Crippen LogP) is 2.08. The van der Waals surface area contributed by atoms with Crippen molar-refractivity contribution in [2.24, 2.45) is 0 Å². The van der Waals surface area contributed by atoms with E-state index < -0.39 is 24.3 Å². The molecule has 0 atom stereocenters. The van der Waals surface area contributed by atoms with Crippen molar-refractivity contribution in [1.29, 1.82) is 5.26 Å². The minimum Gasteiger partial charge on any atom is -0.466 e. The van der Waals surface area contributed by atoms with Crippen LogP contribution >= 0.6 is 0 Å². The number of halogens is 3. The fourth-order valence-electron chi connectivity index (χ4n) is 1.31. The summed E-state index contributed by atoms with van der Waals surface area (Å²) in [6.07, 6.45) is -5.24. The summed E-state index contributed by atoms with van der Waals surface area (Å²) in [5, 5.41) is 8.51. The first-order valence-electron chi connectivity index (χ1n) is 5.01. The monoisotopic (exact) mass is 258 g/mol. The molecule has 0 N–H and O–H groups in total. The van der Waals surface area contributed by atoms with Gasteiger partial charge in [0.2, 0.25) is 0 Å². The van der Waals surface area contributed by atoms with Crippen molar-refractivity contribution < 1.29 is 22.7 Å². The molecular weight excluding hydrogens is 249 g/mol. The van der Waals surface area contributed by atoms with E-state index in [1.807, 2.05) is 0 Å². The first-order valence-corrected chi connectivity index (χ1v) is 5.01. The molecule has 0 aromatic carbocycles. The van der Waals surface area contributed by atoms with Gasteiger partial charge >= 0.3 is 12.1 Å². The number of pyridine rings is 1. The Hall–Kier alpha value is -2.10. The van der Waals surface area contributed by atoms with E-state index >= 15 is 0 Å². The van der Waals surface area contributed by atoms with Crippen molar-refractivity contribution in [3.05, 3.63) is 29.1 Å². The lowest BCUT2D eigenvalue weighted by Crippen LogP contribution is -2.16. The molecule has 4 nitrogen and oxygen atoms in total. The SMILES string of the molecule is CCOC(=O)Cc1ccc(C#N)nc1C(F)(F)F. The van der Waals surface area contributed by atoms with E-state index in [1.54, 1.807) is 6.92 Å². The summed E-state index contributed by atoms with van der Waals surface area (Å²) in [5.74, 6) is -0.769. The van der Waals surface area contributed by atoms with Gasteiger partial charge in [-0.2, -0.15) is 18.4 Å². The summed E-state index contributed by atoms with van der Waals surface area (Å²) in [4.78, 5) is 14.3. The number of esters is 1. The molecule has 0 unspecified atom stereocenters. The molecule has 1 heterocycles. The third-order valence-corrected chi connectivity index (χ3v) is 2.00. The lowest BCUT2D eigenvalue weighted by atomic mass is 10.1. The number of ether oxygens (including phenoxy) is 1. The number of nitriles is 1. The maximum absolute atomic E-state index is 12.7. The Kier molecular flexibility index (Phi) is 4.26. The van der Waals surface area contributed by atoms with E-state index in [0.29, 0.717) is 0 Å². The van der Waals surface area contributed by atoms with Crippen molar-refractivity contribution in [3.63, 3.8) is 0 Å². The second-order valence-corrected chi connectivity index (χ2v) is 3.30. The molecule has 0 saturated heterocycles. The molecule has 1 rings (SSSR count). The van der Waals surface area contributed by atoms with Crippen molar-refractivity contribution in [2.45, 2.75) is 19.5 Å². The Balaban J connectivity index is 3.12. The Bertz CT molecular complexity index is 492. The Labute approximate surface area is 101 Å². The van der Waals surface area contributed by atoms with Gasteiger partial charge in [0, 0.05) is 0 Å². The van der Waals surface area contributed by atoms with Crippen LogP contribution in [0.5, 0.6) is 0 Å². The molecule has 0 amide bonds. The average molecular weight is 258 g/mol. The lowest BCUT2D eigenvalue weighted by Gasteiger charge is -2.11. The first kappa shape index (κ1) is 14.0. The molecule has 18 heavy (non-hydrogen) atoms. The predicted molar refractivity (Wildman–Crippen MR) is 54.3 cm³/mol. The molecule has 0 bridgehead atoms. The number of aromatic nitrogens is 1. The Morgan fingerprint density at radius 3 is 2.67 bits per heavy atom. The normalized spacial score (nSPS) is 10.8. The van der Waals surface area contributed by atoms with Gasteiger partial charge in [0.05, 0.1) is 13.0 Å². The molecule has 0 saturated carbocycles. The van der Waals surface area contributed by atoms with Gasteiger partial charge in [0.25, 0.3) is 0 Å². The van der Waals surface area contributed by atoms with Crippen molar-refractivity contribution in [1.82, 2.24) is 4.98 Å². The van der Waals surface area contributed by atoms with Gasteiger partial charge in [-0.1, -0.05) is 6.07 Å². The summed E-state index contributed by atoms with van der Waals surface area (Å²) in [6, 6.07) is 3.71. The van der Waals surface area contributed by atoms with Gasteiger partial charge in [0.1, 0.15) is 17.5 Å².